The number of benzene rings is 3. The number of carbonyl (C=O) groups excluding carboxylic acids is 1. The molecular formula is C26H17Cl2N3O2S. The number of halogens is 2. The Hall–Kier alpha value is -3.32. The lowest BCUT2D eigenvalue weighted by Crippen LogP contribution is -2.04. The van der Waals surface area contributed by atoms with Gasteiger partial charge in [0.15, 0.2) is 16.7 Å². The molecule has 0 fully saturated rings. The SMILES string of the molecule is O=C(CSc1nnc(-c2ccccc2)n1-c1ccccc1)c1ccc(-c2ccc(Cl)cc2Cl)o1. The highest BCUT2D eigenvalue weighted by atomic mass is 35.5. The van der Waals surface area contributed by atoms with Crippen LogP contribution in [0.25, 0.3) is 28.4 Å². The Balaban J connectivity index is 1.39. The first-order valence-corrected chi connectivity index (χ1v) is 12.1. The largest absolute Gasteiger partial charge is 0.453 e. The van der Waals surface area contributed by atoms with Gasteiger partial charge in [-0.3, -0.25) is 9.36 Å². The molecule has 5 nitrogen and oxygen atoms in total. The predicted molar refractivity (Wildman–Crippen MR) is 136 cm³/mol. The summed E-state index contributed by atoms with van der Waals surface area (Å²) in [5.41, 5.74) is 2.53. The number of thioether (sulfide) groups is 1. The van der Waals surface area contributed by atoms with Crippen LogP contribution in [0.2, 0.25) is 10.0 Å². The van der Waals surface area contributed by atoms with Gasteiger partial charge in [-0.05, 0) is 42.5 Å². The quantitative estimate of drug-likeness (QED) is 0.169. The molecule has 0 aliphatic heterocycles. The van der Waals surface area contributed by atoms with E-state index in [2.05, 4.69) is 10.2 Å². The third kappa shape index (κ3) is 4.66. The van der Waals surface area contributed by atoms with Gasteiger partial charge >= 0.3 is 0 Å². The number of rotatable bonds is 7. The Morgan fingerprint density at radius 3 is 2.35 bits per heavy atom. The average Bonchev–Trinajstić information content (AvgIpc) is 3.51. The minimum atomic E-state index is -0.162. The van der Waals surface area contributed by atoms with E-state index in [0.717, 1.165) is 11.3 Å². The number of para-hydroxylation sites is 1. The lowest BCUT2D eigenvalue weighted by atomic mass is 10.2. The molecule has 0 aliphatic carbocycles. The summed E-state index contributed by atoms with van der Waals surface area (Å²) in [5, 5.41) is 10.4. The molecule has 5 rings (SSSR count). The second kappa shape index (κ2) is 9.89. The first-order chi connectivity index (χ1) is 16.6. The molecule has 0 aliphatic rings. The van der Waals surface area contributed by atoms with Crippen LogP contribution in [0, 0.1) is 0 Å². The monoisotopic (exact) mass is 505 g/mol. The number of nitrogens with zero attached hydrogens (tertiary/aromatic N) is 3. The molecule has 0 unspecified atom stereocenters. The number of Topliss-reactive ketones (excluding diaryl/α,β-unsaturated/α-hetero) is 1. The summed E-state index contributed by atoms with van der Waals surface area (Å²) in [6.45, 7) is 0. The molecule has 0 radical (unpaired) electrons. The fourth-order valence-electron chi connectivity index (χ4n) is 3.47. The summed E-state index contributed by atoms with van der Waals surface area (Å²) < 4.78 is 7.75. The maximum Gasteiger partial charge on any atom is 0.208 e. The van der Waals surface area contributed by atoms with Crippen molar-refractivity contribution in [3.8, 4) is 28.4 Å². The number of hydrogen-bond acceptors (Lipinski definition) is 5. The van der Waals surface area contributed by atoms with Crippen LogP contribution in [-0.4, -0.2) is 26.3 Å². The number of aromatic nitrogens is 3. The van der Waals surface area contributed by atoms with Crippen molar-refractivity contribution in [2.45, 2.75) is 5.16 Å². The van der Waals surface area contributed by atoms with Crippen molar-refractivity contribution in [3.05, 3.63) is 107 Å². The van der Waals surface area contributed by atoms with Crippen molar-refractivity contribution in [3.63, 3.8) is 0 Å². The van der Waals surface area contributed by atoms with Crippen LogP contribution in [-0.2, 0) is 0 Å². The molecule has 0 N–H and O–H groups in total. The molecule has 0 saturated carbocycles. The molecule has 8 heteroatoms. The Morgan fingerprint density at radius 2 is 1.62 bits per heavy atom. The Morgan fingerprint density at radius 1 is 0.882 bits per heavy atom. The van der Waals surface area contributed by atoms with E-state index >= 15 is 0 Å². The van der Waals surface area contributed by atoms with Crippen molar-refractivity contribution in [1.29, 1.82) is 0 Å². The van der Waals surface area contributed by atoms with Gasteiger partial charge in [0, 0.05) is 21.8 Å². The van der Waals surface area contributed by atoms with Gasteiger partial charge in [0.1, 0.15) is 5.76 Å². The highest BCUT2D eigenvalue weighted by Crippen LogP contribution is 2.32. The molecule has 2 heterocycles. The third-order valence-electron chi connectivity index (χ3n) is 5.09. The van der Waals surface area contributed by atoms with Gasteiger partial charge in [0.2, 0.25) is 5.78 Å². The second-order valence-corrected chi connectivity index (χ2v) is 9.13. The number of hydrogen-bond donors (Lipinski definition) is 0. The average molecular weight is 506 g/mol. The molecule has 3 aromatic carbocycles. The fourth-order valence-corrected chi connectivity index (χ4v) is 4.79. The number of ketones is 1. The van der Waals surface area contributed by atoms with Crippen LogP contribution in [0.3, 0.4) is 0 Å². The Kier molecular flexibility index (Phi) is 6.54. The smallest absolute Gasteiger partial charge is 0.208 e. The first kappa shape index (κ1) is 22.5. The van der Waals surface area contributed by atoms with E-state index in [9.17, 15) is 4.79 Å². The van der Waals surface area contributed by atoms with E-state index in [0.29, 0.717) is 32.3 Å². The molecular weight excluding hydrogens is 489 g/mol. The van der Waals surface area contributed by atoms with Gasteiger partial charge in [-0.15, -0.1) is 10.2 Å². The normalized spacial score (nSPS) is 11.0. The van der Waals surface area contributed by atoms with Crippen LogP contribution in [0.5, 0.6) is 0 Å². The zero-order valence-electron chi connectivity index (χ0n) is 17.7. The molecule has 2 aromatic heterocycles. The minimum Gasteiger partial charge on any atom is -0.453 e. The van der Waals surface area contributed by atoms with E-state index in [-0.39, 0.29) is 17.3 Å². The maximum absolute atomic E-state index is 12.9. The fraction of sp³-hybridized carbons (Fsp3) is 0.0385. The van der Waals surface area contributed by atoms with Crippen molar-refractivity contribution in [2.75, 3.05) is 5.75 Å². The Labute approximate surface area is 210 Å². The second-order valence-electron chi connectivity index (χ2n) is 7.34. The molecule has 5 aromatic rings. The van der Waals surface area contributed by atoms with Gasteiger partial charge in [-0.2, -0.15) is 0 Å². The van der Waals surface area contributed by atoms with Crippen LogP contribution in [0.15, 0.2) is 101 Å². The third-order valence-corrected chi connectivity index (χ3v) is 6.57. The molecule has 0 spiro atoms. The molecule has 0 amide bonds. The lowest BCUT2D eigenvalue weighted by Gasteiger charge is -2.10. The zero-order chi connectivity index (χ0) is 23.5. The van der Waals surface area contributed by atoms with Crippen LogP contribution in [0.4, 0.5) is 0 Å². The molecule has 34 heavy (non-hydrogen) atoms. The van der Waals surface area contributed by atoms with Crippen molar-refractivity contribution in [1.82, 2.24) is 14.8 Å². The number of carbonyl (C=O) groups is 1. The van der Waals surface area contributed by atoms with Gasteiger partial charge in [0.05, 0.1) is 10.8 Å². The summed E-state index contributed by atoms with van der Waals surface area (Å²) >= 11 is 13.6. The molecule has 168 valence electrons. The van der Waals surface area contributed by atoms with Gasteiger partial charge in [-0.1, -0.05) is 83.5 Å². The van der Waals surface area contributed by atoms with Crippen LogP contribution in [0.1, 0.15) is 10.6 Å². The summed E-state index contributed by atoms with van der Waals surface area (Å²) in [6, 6.07) is 28.2. The van der Waals surface area contributed by atoms with Crippen molar-refractivity contribution in [2.24, 2.45) is 0 Å². The summed E-state index contributed by atoms with van der Waals surface area (Å²) in [5.74, 6) is 1.45. The summed E-state index contributed by atoms with van der Waals surface area (Å²) in [7, 11) is 0. The predicted octanol–water partition coefficient (Wildman–Crippen LogP) is 7.48. The van der Waals surface area contributed by atoms with Crippen molar-refractivity contribution < 1.29 is 9.21 Å². The zero-order valence-corrected chi connectivity index (χ0v) is 20.0. The van der Waals surface area contributed by atoms with Crippen molar-refractivity contribution >= 4 is 40.7 Å². The first-order valence-electron chi connectivity index (χ1n) is 10.4. The lowest BCUT2D eigenvalue weighted by molar-refractivity contribution is 0.0993. The maximum atomic E-state index is 12.9. The van der Waals surface area contributed by atoms with Crippen LogP contribution < -0.4 is 0 Å². The van der Waals surface area contributed by atoms with E-state index < -0.39 is 0 Å². The van der Waals surface area contributed by atoms with Gasteiger partial charge in [0.25, 0.3) is 0 Å². The highest BCUT2D eigenvalue weighted by Gasteiger charge is 2.19. The molecule has 0 saturated heterocycles. The van der Waals surface area contributed by atoms with E-state index in [1.165, 1.54) is 11.8 Å². The summed E-state index contributed by atoms with van der Waals surface area (Å²) in [4.78, 5) is 12.9. The van der Waals surface area contributed by atoms with E-state index in [1.807, 2.05) is 65.2 Å². The van der Waals surface area contributed by atoms with E-state index in [4.69, 9.17) is 27.6 Å². The van der Waals surface area contributed by atoms with Gasteiger partial charge in [-0.25, -0.2) is 0 Å². The molecule has 0 atom stereocenters. The highest BCUT2D eigenvalue weighted by molar-refractivity contribution is 7.99. The van der Waals surface area contributed by atoms with Gasteiger partial charge < -0.3 is 4.42 Å². The molecule has 0 bridgehead atoms. The standard InChI is InChI=1S/C26H17Cl2N3O2S/c27-18-11-12-20(21(28)15-18)23-13-14-24(33-23)22(32)16-34-26-30-29-25(17-7-3-1-4-8-17)31(26)19-9-5-2-6-10-19/h1-15H,16H2. The Bertz CT molecular complexity index is 1450. The minimum absolute atomic E-state index is 0.140. The van der Waals surface area contributed by atoms with Crippen LogP contribution >= 0.6 is 35.0 Å². The van der Waals surface area contributed by atoms with E-state index in [1.54, 1.807) is 30.3 Å². The summed E-state index contributed by atoms with van der Waals surface area (Å²) in [6.07, 6.45) is 0. The number of furan rings is 1. The topological polar surface area (TPSA) is 60.9 Å².